The van der Waals surface area contributed by atoms with Crippen LogP contribution < -0.4 is 4.90 Å². The Hall–Kier alpha value is -1.96. The van der Waals surface area contributed by atoms with Gasteiger partial charge in [0.1, 0.15) is 5.54 Å². The molecular weight excluding hydrogens is 325 g/mol. The lowest BCUT2D eigenvalue weighted by Gasteiger charge is -2.19. The molecule has 3 aromatic rings. The number of nitrogens with zero attached hydrogens (tertiary/aromatic N) is 1. The van der Waals surface area contributed by atoms with Crippen molar-refractivity contribution in [3.63, 3.8) is 0 Å². The van der Waals surface area contributed by atoms with Crippen molar-refractivity contribution in [2.45, 2.75) is 10.00 Å². The SMILES string of the molecule is ClC1(Cl)N(c2ccccc2)C1(c1ccccc1)c1ccccc1. The smallest absolute Gasteiger partial charge is 0.223 e. The quantitative estimate of drug-likeness (QED) is 0.342. The molecule has 23 heavy (non-hydrogen) atoms. The molecule has 1 saturated heterocycles. The third-order valence-electron chi connectivity index (χ3n) is 4.40. The van der Waals surface area contributed by atoms with Gasteiger partial charge in [0.2, 0.25) is 4.46 Å². The minimum atomic E-state index is -1.03. The molecule has 0 atom stereocenters. The van der Waals surface area contributed by atoms with Gasteiger partial charge in [-0.25, -0.2) is 0 Å². The summed E-state index contributed by atoms with van der Waals surface area (Å²) in [6.45, 7) is 0. The fourth-order valence-electron chi connectivity index (χ4n) is 3.37. The first kappa shape index (κ1) is 14.6. The molecule has 0 N–H and O–H groups in total. The van der Waals surface area contributed by atoms with E-state index in [1.54, 1.807) is 0 Å². The fraction of sp³-hybridized carbons (Fsp3) is 0.100. The van der Waals surface area contributed by atoms with E-state index in [0.717, 1.165) is 16.8 Å². The monoisotopic (exact) mass is 339 g/mol. The molecule has 0 spiro atoms. The Morgan fingerprint density at radius 2 is 0.957 bits per heavy atom. The standard InChI is InChI=1S/C20H15Cl2N/c21-20(22)19(16-10-4-1-5-11-16,17-12-6-2-7-13-17)23(20)18-14-8-3-9-15-18/h1-15H. The number of alkyl halides is 2. The van der Waals surface area contributed by atoms with Crippen molar-refractivity contribution in [3.05, 3.63) is 102 Å². The summed E-state index contributed by atoms with van der Waals surface area (Å²) in [6.07, 6.45) is 0. The number of benzene rings is 3. The molecule has 1 nitrogen and oxygen atoms in total. The summed E-state index contributed by atoms with van der Waals surface area (Å²) in [4.78, 5) is 2.06. The summed E-state index contributed by atoms with van der Waals surface area (Å²) in [7, 11) is 0. The third kappa shape index (κ3) is 2.00. The van der Waals surface area contributed by atoms with Gasteiger partial charge >= 0.3 is 0 Å². The first-order valence-electron chi connectivity index (χ1n) is 7.53. The van der Waals surface area contributed by atoms with Crippen LogP contribution in [0, 0.1) is 0 Å². The highest BCUT2D eigenvalue weighted by Gasteiger charge is 2.76. The normalized spacial score (nSPS) is 17.7. The van der Waals surface area contributed by atoms with Gasteiger partial charge in [-0.05, 0) is 23.3 Å². The molecule has 0 radical (unpaired) electrons. The lowest BCUT2D eigenvalue weighted by atomic mass is 9.90. The number of halogens is 2. The third-order valence-corrected chi connectivity index (χ3v) is 5.28. The zero-order valence-corrected chi connectivity index (χ0v) is 13.9. The van der Waals surface area contributed by atoms with Crippen molar-refractivity contribution >= 4 is 28.9 Å². The van der Waals surface area contributed by atoms with Gasteiger partial charge < -0.3 is 4.90 Å². The Morgan fingerprint density at radius 1 is 0.565 bits per heavy atom. The maximum atomic E-state index is 6.82. The Kier molecular flexibility index (Phi) is 3.37. The molecule has 0 amide bonds. The van der Waals surface area contributed by atoms with Crippen LogP contribution in [0.2, 0.25) is 0 Å². The van der Waals surface area contributed by atoms with Crippen molar-refractivity contribution in [1.82, 2.24) is 0 Å². The maximum Gasteiger partial charge on any atom is 0.223 e. The predicted molar refractivity (Wildman–Crippen MR) is 97.0 cm³/mol. The van der Waals surface area contributed by atoms with Crippen molar-refractivity contribution in [2.75, 3.05) is 4.90 Å². The summed E-state index contributed by atoms with van der Waals surface area (Å²) in [5.74, 6) is 0. The van der Waals surface area contributed by atoms with Crippen LogP contribution in [0.4, 0.5) is 5.69 Å². The second kappa shape index (κ2) is 5.30. The van der Waals surface area contributed by atoms with Crippen LogP contribution in [0.25, 0.3) is 0 Å². The van der Waals surface area contributed by atoms with E-state index in [-0.39, 0.29) is 0 Å². The average Bonchev–Trinajstić information content (AvgIpc) is 3.14. The number of rotatable bonds is 3. The van der Waals surface area contributed by atoms with Gasteiger partial charge in [-0.2, -0.15) is 0 Å². The molecule has 1 aliphatic rings. The summed E-state index contributed by atoms with van der Waals surface area (Å²) in [5, 5.41) is 0. The molecule has 0 unspecified atom stereocenters. The fourth-order valence-corrected chi connectivity index (χ4v) is 4.34. The highest BCUT2D eigenvalue weighted by molar-refractivity contribution is 6.54. The van der Waals surface area contributed by atoms with Crippen molar-refractivity contribution < 1.29 is 0 Å². The summed E-state index contributed by atoms with van der Waals surface area (Å²) < 4.78 is -1.03. The van der Waals surface area contributed by atoms with Crippen molar-refractivity contribution in [1.29, 1.82) is 0 Å². The Labute approximate surface area is 146 Å². The summed E-state index contributed by atoms with van der Waals surface area (Å²) >= 11 is 13.6. The van der Waals surface area contributed by atoms with Crippen LogP contribution in [-0.2, 0) is 5.54 Å². The van der Waals surface area contributed by atoms with E-state index in [0.29, 0.717) is 0 Å². The topological polar surface area (TPSA) is 3.01 Å². The highest BCUT2D eigenvalue weighted by Crippen LogP contribution is 2.68. The number of hydrogen-bond donors (Lipinski definition) is 0. The van der Waals surface area contributed by atoms with E-state index in [1.165, 1.54) is 0 Å². The molecule has 3 heteroatoms. The molecule has 1 heterocycles. The molecule has 0 bridgehead atoms. The highest BCUT2D eigenvalue weighted by atomic mass is 35.5. The molecule has 1 fully saturated rings. The zero-order valence-electron chi connectivity index (χ0n) is 12.4. The van der Waals surface area contributed by atoms with Gasteiger partial charge in [-0.3, -0.25) is 0 Å². The van der Waals surface area contributed by atoms with Gasteiger partial charge in [0, 0.05) is 5.69 Å². The van der Waals surface area contributed by atoms with E-state index in [2.05, 4.69) is 29.2 Å². The van der Waals surface area contributed by atoms with Crippen LogP contribution in [0.3, 0.4) is 0 Å². The largest absolute Gasteiger partial charge is 0.319 e. The number of para-hydroxylation sites is 1. The number of anilines is 1. The molecule has 1 aliphatic heterocycles. The van der Waals surface area contributed by atoms with Crippen molar-refractivity contribution in [2.24, 2.45) is 0 Å². The lowest BCUT2D eigenvalue weighted by Crippen LogP contribution is -2.19. The van der Waals surface area contributed by atoms with Crippen molar-refractivity contribution in [3.8, 4) is 0 Å². The molecular formula is C20H15Cl2N. The van der Waals surface area contributed by atoms with Gasteiger partial charge in [-0.1, -0.05) is 102 Å². The van der Waals surface area contributed by atoms with E-state index in [4.69, 9.17) is 23.2 Å². The Morgan fingerprint density at radius 3 is 1.39 bits per heavy atom. The first-order chi connectivity index (χ1) is 11.2. The van der Waals surface area contributed by atoms with E-state index >= 15 is 0 Å². The molecule has 3 aromatic carbocycles. The van der Waals surface area contributed by atoms with E-state index in [9.17, 15) is 0 Å². The lowest BCUT2D eigenvalue weighted by molar-refractivity contribution is 0.829. The second-order valence-corrected chi connectivity index (χ2v) is 6.94. The summed E-state index contributed by atoms with van der Waals surface area (Å²) in [5.41, 5.74) is 2.59. The minimum Gasteiger partial charge on any atom is -0.319 e. The van der Waals surface area contributed by atoms with Gasteiger partial charge in [0.25, 0.3) is 0 Å². The van der Waals surface area contributed by atoms with Crippen LogP contribution in [0.5, 0.6) is 0 Å². The maximum absolute atomic E-state index is 6.82. The molecule has 0 aromatic heterocycles. The van der Waals surface area contributed by atoms with Crippen LogP contribution >= 0.6 is 23.2 Å². The first-order valence-corrected chi connectivity index (χ1v) is 8.29. The average molecular weight is 340 g/mol. The van der Waals surface area contributed by atoms with Crippen LogP contribution in [0.1, 0.15) is 11.1 Å². The van der Waals surface area contributed by atoms with Gasteiger partial charge in [0.05, 0.1) is 0 Å². The molecule has 114 valence electrons. The second-order valence-electron chi connectivity index (χ2n) is 5.65. The van der Waals surface area contributed by atoms with Gasteiger partial charge in [-0.15, -0.1) is 0 Å². The predicted octanol–water partition coefficient (Wildman–Crippen LogP) is 5.58. The van der Waals surface area contributed by atoms with E-state index in [1.807, 2.05) is 66.7 Å². The van der Waals surface area contributed by atoms with Gasteiger partial charge in [0.15, 0.2) is 0 Å². The molecule has 4 rings (SSSR count). The Bertz CT molecular complexity index is 761. The van der Waals surface area contributed by atoms with Crippen LogP contribution in [-0.4, -0.2) is 4.46 Å². The summed E-state index contributed by atoms with van der Waals surface area (Å²) in [6, 6.07) is 30.5. The van der Waals surface area contributed by atoms with E-state index < -0.39 is 10.00 Å². The van der Waals surface area contributed by atoms with Crippen LogP contribution in [0.15, 0.2) is 91.0 Å². The molecule has 0 saturated carbocycles. The molecule has 0 aliphatic carbocycles. The number of hydrogen-bond acceptors (Lipinski definition) is 1. The Balaban J connectivity index is 1.95. The minimum absolute atomic E-state index is 0.583. The zero-order chi connectivity index (χ0) is 15.9.